The van der Waals surface area contributed by atoms with Gasteiger partial charge in [-0.25, -0.2) is 0 Å². The van der Waals surface area contributed by atoms with Crippen LogP contribution in [0.5, 0.6) is 0 Å². The number of nitrogens with one attached hydrogen (secondary N) is 2. The van der Waals surface area contributed by atoms with Gasteiger partial charge in [-0.3, -0.25) is 14.9 Å². The molecule has 0 bridgehead atoms. The number of amides is 1. The number of fused-ring (bicyclic) bond motifs is 1. The predicted molar refractivity (Wildman–Crippen MR) is 77.8 cm³/mol. The highest BCUT2D eigenvalue weighted by atomic mass is 16.1. The van der Waals surface area contributed by atoms with E-state index in [1.807, 2.05) is 44.2 Å². The summed E-state index contributed by atoms with van der Waals surface area (Å²) >= 11 is 0. The standard InChI is InChI=1S/C15H14N4O/c1-9-14(10(2)19-18-9)15(20)17-13-7-3-6-12-11(13)5-4-8-16-12/h3-8H,1-2H3,(H,17,20)(H,18,19). The number of rotatable bonds is 2. The highest BCUT2D eigenvalue weighted by Crippen LogP contribution is 2.22. The van der Waals surface area contributed by atoms with Crippen molar-refractivity contribution in [3.63, 3.8) is 0 Å². The van der Waals surface area contributed by atoms with E-state index in [1.54, 1.807) is 6.20 Å². The van der Waals surface area contributed by atoms with Gasteiger partial charge in [-0.15, -0.1) is 0 Å². The van der Waals surface area contributed by atoms with Crippen molar-refractivity contribution in [2.24, 2.45) is 0 Å². The molecule has 3 rings (SSSR count). The molecule has 1 amide bonds. The summed E-state index contributed by atoms with van der Waals surface area (Å²) < 4.78 is 0. The van der Waals surface area contributed by atoms with E-state index in [0.717, 1.165) is 22.3 Å². The Labute approximate surface area is 116 Å². The van der Waals surface area contributed by atoms with Crippen LogP contribution in [0.3, 0.4) is 0 Å². The maximum absolute atomic E-state index is 12.4. The molecule has 0 atom stereocenters. The molecule has 0 aliphatic carbocycles. The summed E-state index contributed by atoms with van der Waals surface area (Å²) in [6, 6.07) is 9.45. The van der Waals surface area contributed by atoms with E-state index in [2.05, 4.69) is 20.5 Å². The fraction of sp³-hybridized carbons (Fsp3) is 0.133. The smallest absolute Gasteiger partial charge is 0.259 e. The summed E-state index contributed by atoms with van der Waals surface area (Å²) in [6.07, 6.45) is 1.73. The maximum atomic E-state index is 12.4. The van der Waals surface area contributed by atoms with Gasteiger partial charge in [-0.05, 0) is 38.1 Å². The normalized spacial score (nSPS) is 10.7. The summed E-state index contributed by atoms with van der Waals surface area (Å²) in [5.74, 6) is -0.162. The fourth-order valence-corrected chi connectivity index (χ4v) is 2.28. The number of benzene rings is 1. The lowest BCUT2D eigenvalue weighted by molar-refractivity contribution is 0.102. The van der Waals surface area contributed by atoms with Gasteiger partial charge < -0.3 is 5.32 Å². The molecule has 2 N–H and O–H groups in total. The first kappa shape index (κ1) is 12.3. The molecule has 0 aliphatic heterocycles. The quantitative estimate of drug-likeness (QED) is 0.749. The van der Waals surface area contributed by atoms with E-state index in [0.29, 0.717) is 11.3 Å². The number of aryl methyl sites for hydroxylation is 2. The minimum atomic E-state index is -0.162. The highest BCUT2D eigenvalue weighted by Gasteiger charge is 2.16. The Bertz CT molecular complexity index is 767. The third kappa shape index (κ3) is 2.03. The lowest BCUT2D eigenvalue weighted by Crippen LogP contribution is -2.14. The first-order valence-corrected chi connectivity index (χ1v) is 6.33. The molecule has 3 aromatic rings. The predicted octanol–water partition coefficient (Wildman–Crippen LogP) is 2.83. The van der Waals surface area contributed by atoms with Crippen LogP contribution in [-0.4, -0.2) is 21.1 Å². The monoisotopic (exact) mass is 266 g/mol. The molecular formula is C15H14N4O. The van der Waals surface area contributed by atoms with Crippen molar-refractivity contribution in [3.8, 4) is 0 Å². The first-order chi connectivity index (χ1) is 9.66. The second-order valence-corrected chi connectivity index (χ2v) is 4.64. The molecule has 100 valence electrons. The number of H-pyrrole nitrogens is 1. The van der Waals surface area contributed by atoms with E-state index in [4.69, 9.17) is 0 Å². The minimum absolute atomic E-state index is 0.162. The minimum Gasteiger partial charge on any atom is -0.321 e. The first-order valence-electron chi connectivity index (χ1n) is 6.33. The van der Waals surface area contributed by atoms with Crippen molar-refractivity contribution >= 4 is 22.5 Å². The van der Waals surface area contributed by atoms with Crippen molar-refractivity contribution in [3.05, 3.63) is 53.5 Å². The van der Waals surface area contributed by atoms with Crippen LogP contribution in [0.1, 0.15) is 21.7 Å². The molecule has 20 heavy (non-hydrogen) atoms. The molecule has 0 aliphatic rings. The molecule has 5 nitrogen and oxygen atoms in total. The zero-order chi connectivity index (χ0) is 14.1. The summed E-state index contributed by atoms with van der Waals surface area (Å²) in [5.41, 5.74) is 3.65. The van der Waals surface area contributed by atoms with Gasteiger partial charge in [-0.1, -0.05) is 6.07 Å². The Morgan fingerprint density at radius 1 is 1.20 bits per heavy atom. The zero-order valence-corrected chi connectivity index (χ0v) is 11.3. The Balaban J connectivity index is 2.00. The molecule has 0 saturated heterocycles. The van der Waals surface area contributed by atoms with Crippen LogP contribution >= 0.6 is 0 Å². The van der Waals surface area contributed by atoms with Crippen LogP contribution < -0.4 is 5.32 Å². The van der Waals surface area contributed by atoms with Gasteiger partial charge in [0.15, 0.2) is 0 Å². The van der Waals surface area contributed by atoms with Crippen LogP contribution in [0.2, 0.25) is 0 Å². The van der Waals surface area contributed by atoms with E-state index < -0.39 is 0 Å². The summed E-state index contributed by atoms with van der Waals surface area (Å²) in [5, 5.41) is 10.7. The number of carbonyl (C=O) groups excluding carboxylic acids is 1. The van der Waals surface area contributed by atoms with Gasteiger partial charge in [0.2, 0.25) is 0 Å². The topological polar surface area (TPSA) is 70.7 Å². The van der Waals surface area contributed by atoms with Crippen molar-refractivity contribution in [1.82, 2.24) is 15.2 Å². The zero-order valence-electron chi connectivity index (χ0n) is 11.3. The van der Waals surface area contributed by atoms with Gasteiger partial charge in [0, 0.05) is 17.3 Å². The Morgan fingerprint density at radius 3 is 2.80 bits per heavy atom. The van der Waals surface area contributed by atoms with Crippen molar-refractivity contribution < 1.29 is 4.79 Å². The van der Waals surface area contributed by atoms with E-state index in [-0.39, 0.29) is 5.91 Å². The number of carbonyl (C=O) groups is 1. The van der Waals surface area contributed by atoms with Gasteiger partial charge in [-0.2, -0.15) is 5.10 Å². The maximum Gasteiger partial charge on any atom is 0.259 e. The molecule has 0 spiro atoms. The number of aromatic amines is 1. The van der Waals surface area contributed by atoms with Crippen LogP contribution in [0.25, 0.3) is 10.9 Å². The van der Waals surface area contributed by atoms with Gasteiger partial charge in [0.1, 0.15) is 0 Å². The SMILES string of the molecule is Cc1n[nH]c(C)c1C(=O)Nc1cccc2ncccc12. The van der Waals surface area contributed by atoms with E-state index in [9.17, 15) is 4.79 Å². The highest BCUT2D eigenvalue weighted by molar-refractivity contribution is 6.09. The van der Waals surface area contributed by atoms with Gasteiger partial charge >= 0.3 is 0 Å². The summed E-state index contributed by atoms with van der Waals surface area (Å²) in [6.45, 7) is 3.64. The molecule has 1 aromatic carbocycles. The average Bonchev–Trinajstić information content (AvgIpc) is 2.78. The number of nitrogens with zero attached hydrogens (tertiary/aromatic N) is 2. The number of anilines is 1. The lowest BCUT2D eigenvalue weighted by Gasteiger charge is -2.08. The Hall–Kier alpha value is -2.69. The van der Waals surface area contributed by atoms with E-state index in [1.165, 1.54) is 0 Å². The van der Waals surface area contributed by atoms with E-state index >= 15 is 0 Å². The van der Waals surface area contributed by atoms with Crippen LogP contribution in [-0.2, 0) is 0 Å². The number of hydrogen-bond acceptors (Lipinski definition) is 3. The molecule has 0 saturated carbocycles. The molecule has 2 aromatic heterocycles. The van der Waals surface area contributed by atoms with Gasteiger partial charge in [0.25, 0.3) is 5.91 Å². The van der Waals surface area contributed by atoms with Crippen molar-refractivity contribution in [1.29, 1.82) is 0 Å². The van der Waals surface area contributed by atoms with Crippen molar-refractivity contribution in [2.45, 2.75) is 13.8 Å². The van der Waals surface area contributed by atoms with Crippen LogP contribution in [0, 0.1) is 13.8 Å². The molecular weight excluding hydrogens is 252 g/mol. The largest absolute Gasteiger partial charge is 0.321 e. The Kier molecular flexibility index (Phi) is 2.95. The van der Waals surface area contributed by atoms with Crippen molar-refractivity contribution in [2.75, 3.05) is 5.32 Å². The number of aromatic nitrogens is 3. The molecule has 2 heterocycles. The van der Waals surface area contributed by atoms with Crippen LogP contribution in [0.4, 0.5) is 5.69 Å². The second kappa shape index (κ2) is 4.77. The third-order valence-corrected chi connectivity index (χ3v) is 3.25. The fourth-order valence-electron chi connectivity index (χ4n) is 2.28. The Morgan fingerprint density at radius 2 is 2.05 bits per heavy atom. The van der Waals surface area contributed by atoms with Crippen LogP contribution in [0.15, 0.2) is 36.5 Å². The second-order valence-electron chi connectivity index (χ2n) is 4.64. The third-order valence-electron chi connectivity index (χ3n) is 3.25. The summed E-state index contributed by atoms with van der Waals surface area (Å²) in [7, 11) is 0. The molecule has 5 heteroatoms. The number of hydrogen-bond donors (Lipinski definition) is 2. The molecule has 0 radical (unpaired) electrons. The van der Waals surface area contributed by atoms with Gasteiger partial charge in [0.05, 0.1) is 22.5 Å². The lowest BCUT2D eigenvalue weighted by atomic mass is 10.1. The molecule has 0 unspecified atom stereocenters. The number of pyridine rings is 1. The molecule has 0 fully saturated rings. The average molecular weight is 266 g/mol. The summed E-state index contributed by atoms with van der Waals surface area (Å²) in [4.78, 5) is 16.6.